The van der Waals surface area contributed by atoms with Gasteiger partial charge in [0.15, 0.2) is 5.69 Å². The van der Waals surface area contributed by atoms with Crippen LogP contribution in [-0.4, -0.2) is 16.7 Å². The number of fused-ring (bicyclic) bond motifs is 1. The van der Waals surface area contributed by atoms with Crippen LogP contribution in [0.25, 0.3) is 10.9 Å². The van der Waals surface area contributed by atoms with Crippen molar-refractivity contribution in [2.24, 2.45) is 5.92 Å². The van der Waals surface area contributed by atoms with Gasteiger partial charge < -0.3 is 5.32 Å². The highest BCUT2D eigenvalue weighted by Crippen LogP contribution is 2.27. The molecular weight excluding hydrogens is 248 g/mol. The van der Waals surface area contributed by atoms with E-state index < -0.39 is 0 Å². The summed E-state index contributed by atoms with van der Waals surface area (Å²) in [7, 11) is 0. The molecule has 0 spiro atoms. The average molecular weight is 266 g/mol. The van der Waals surface area contributed by atoms with E-state index in [0.717, 1.165) is 23.1 Å². The molecule has 3 rings (SSSR count). The molecule has 0 saturated heterocycles. The Morgan fingerprint density at radius 3 is 2.75 bits per heavy atom. The van der Waals surface area contributed by atoms with Crippen molar-refractivity contribution in [2.75, 3.05) is 11.9 Å². The molecule has 1 aromatic heterocycles. The summed E-state index contributed by atoms with van der Waals surface area (Å²) in [6, 6.07) is 9.97. The molecule has 1 aliphatic carbocycles. The number of hydrogen-bond donors (Lipinski definition) is 1. The zero-order valence-electron chi connectivity index (χ0n) is 11.5. The third-order valence-electron chi connectivity index (χ3n) is 4.07. The molecule has 1 saturated carbocycles. The molecule has 0 radical (unpaired) electrons. The molecule has 0 bridgehead atoms. The third-order valence-corrected chi connectivity index (χ3v) is 4.07. The molecule has 1 aromatic carbocycles. The van der Waals surface area contributed by atoms with Gasteiger partial charge in [0.1, 0.15) is 6.07 Å². The molecule has 2 aromatic rings. The predicted octanol–water partition coefficient (Wildman–Crippen LogP) is 3.49. The van der Waals surface area contributed by atoms with E-state index >= 15 is 0 Å². The monoisotopic (exact) mass is 266 g/mol. The molecule has 102 valence electrons. The average Bonchev–Trinajstić information content (AvgIpc) is 2.53. The molecule has 1 aliphatic rings. The number of anilines is 1. The van der Waals surface area contributed by atoms with E-state index in [1.165, 1.54) is 32.1 Å². The fourth-order valence-corrected chi connectivity index (χ4v) is 2.95. The van der Waals surface area contributed by atoms with Gasteiger partial charge >= 0.3 is 0 Å². The molecule has 0 atom stereocenters. The van der Waals surface area contributed by atoms with Crippen molar-refractivity contribution in [1.29, 1.82) is 5.26 Å². The highest BCUT2D eigenvalue weighted by Gasteiger charge is 2.15. The second-order valence-corrected chi connectivity index (χ2v) is 5.44. The van der Waals surface area contributed by atoms with Crippen LogP contribution in [0, 0.1) is 17.2 Å². The molecule has 0 aliphatic heterocycles. The van der Waals surface area contributed by atoms with Crippen molar-refractivity contribution >= 4 is 16.6 Å². The first kappa shape index (κ1) is 12.9. The van der Waals surface area contributed by atoms with E-state index in [0.29, 0.717) is 11.6 Å². The van der Waals surface area contributed by atoms with Crippen LogP contribution >= 0.6 is 0 Å². The second-order valence-electron chi connectivity index (χ2n) is 5.44. The minimum Gasteiger partial charge on any atom is -0.382 e. The van der Waals surface area contributed by atoms with Crippen LogP contribution in [0.3, 0.4) is 0 Å². The van der Waals surface area contributed by atoms with Gasteiger partial charge in [0.2, 0.25) is 0 Å². The number of rotatable bonds is 3. The Morgan fingerprint density at radius 1 is 1.15 bits per heavy atom. The normalized spacial score (nSPS) is 15.9. The number of aromatic nitrogens is 2. The SMILES string of the molecule is N#Cc1nnc2ccccc2c1NCC1CCCCC1. The van der Waals surface area contributed by atoms with Crippen molar-refractivity contribution in [3.63, 3.8) is 0 Å². The third kappa shape index (κ3) is 2.57. The Hall–Kier alpha value is -2.15. The van der Waals surface area contributed by atoms with Gasteiger partial charge in [-0.1, -0.05) is 37.5 Å². The van der Waals surface area contributed by atoms with Crippen LogP contribution in [0.15, 0.2) is 24.3 Å². The molecule has 1 fully saturated rings. The van der Waals surface area contributed by atoms with Crippen LogP contribution in [0.1, 0.15) is 37.8 Å². The maximum atomic E-state index is 9.22. The summed E-state index contributed by atoms with van der Waals surface area (Å²) in [4.78, 5) is 0. The summed E-state index contributed by atoms with van der Waals surface area (Å²) in [6.07, 6.45) is 6.58. The van der Waals surface area contributed by atoms with E-state index in [1.54, 1.807) is 0 Å². The molecule has 4 nitrogen and oxygen atoms in total. The smallest absolute Gasteiger partial charge is 0.186 e. The van der Waals surface area contributed by atoms with E-state index in [1.807, 2.05) is 24.3 Å². The first-order valence-corrected chi connectivity index (χ1v) is 7.28. The summed E-state index contributed by atoms with van der Waals surface area (Å²) >= 11 is 0. The lowest BCUT2D eigenvalue weighted by atomic mass is 9.89. The summed E-state index contributed by atoms with van der Waals surface area (Å²) in [6.45, 7) is 0.921. The minimum atomic E-state index is 0.388. The lowest BCUT2D eigenvalue weighted by Crippen LogP contribution is -2.18. The molecule has 0 amide bonds. The van der Waals surface area contributed by atoms with Gasteiger partial charge in [0, 0.05) is 11.9 Å². The van der Waals surface area contributed by atoms with Crippen molar-refractivity contribution < 1.29 is 0 Å². The highest BCUT2D eigenvalue weighted by atomic mass is 15.1. The summed E-state index contributed by atoms with van der Waals surface area (Å²) < 4.78 is 0. The van der Waals surface area contributed by atoms with Crippen molar-refractivity contribution in [3.8, 4) is 6.07 Å². The van der Waals surface area contributed by atoms with Crippen molar-refractivity contribution in [3.05, 3.63) is 30.0 Å². The van der Waals surface area contributed by atoms with E-state index in [4.69, 9.17) is 0 Å². The van der Waals surface area contributed by atoms with Gasteiger partial charge in [-0.05, 0) is 24.8 Å². The van der Waals surface area contributed by atoms with Crippen LogP contribution in [0.2, 0.25) is 0 Å². The number of nitrogens with one attached hydrogen (secondary N) is 1. The second kappa shape index (κ2) is 5.87. The topological polar surface area (TPSA) is 61.6 Å². The zero-order chi connectivity index (χ0) is 13.8. The highest BCUT2D eigenvalue weighted by molar-refractivity contribution is 5.92. The summed E-state index contributed by atoms with van der Waals surface area (Å²) in [5, 5.41) is 21.8. The van der Waals surface area contributed by atoms with Gasteiger partial charge in [-0.3, -0.25) is 0 Å². The van der Waals surface area contributed by atoms with Crippen LogP contribution in [0.5, 0.6) is 0 Å². The number of benzene rings is 1. The van der Waals surface area contributed by atoms with Crippen molar-refractivity contribution in [1.82, 2.24) is 10.2 Å². The fourth-order valence-electron chi connectivity index (χ4n) is 2.95. The molecule has 4 heteroatoms. The van der Waals surface area contributed by atoms with Gasteiger partial charge in [-0.15, -0.1) is 10.2 Å². The lowest BCUT2D eigenvalue weighted by Gasteiger charge is -2.22. The maximum Gasteiger partial charge on any atom is 0.186 e. The van der Waals surface area contributed by atoms with Gasteiger partial charge in [-0.2, -0.15) is 5.26 Å². The van der Waals surface area contributed by atoms with Crippen LogP contribution in [-0.2, 0) is 0 Å². The largest absolute Gasteiger partial charge is 0.382 e. The standard InChI is InChI=1S/C16H18N4/c17-10-15-16(18-11-12-6-2-1-3-7-12)13-8-4-5-9-14(13)19-20-15/h4-5,8-9,12H,1-3,6-7,11H2,(H,18,19). The number of nitrogens with zero attached hydrogens (tertiary/aromatic N) is 3. The fraction of sp³-hybridized carbons (Fsp3) is 0.438. The Morgan fingerprint density at radius 2 is 1.95 bits per heavy atom. The zero-order valence-corrected chi connectivity index (χ0v) is 11.5. The molecular formula is C16H18N4. The maximum absolute atomic E-state index is 9.22. The Labute approximate surface area is 118 Å². The molecule has 1 heterocycles. The first-order valence-electron chi connectivity index (χ1n) is 7.28. The quantitative estimate of drug-likeness (QED) is 0.923. The predicted molar refractivity (Wildman–Crippen MR) is 79.3 cm³/mol. The lowest BCUT2D eigenvalue weighted by molar-refractivity contribution is 0.373. The van der Waals surface area contributed by atoms with Crippen molar-refractivity contribution in [2.45, 2.75) is 32.1 Å². The van der Waals surface area contributed by atoms with E-state index in [-0.39, 0.29) is 0 Å². The summed E-state index contributed by atoms with van der Waals surface area (Å²) in [5.74, 6) is 0.710. The van der Waals surface area contributed by atoms with E-state index in [2.05, 4.69) is 21.6 Å². The summed E-state index contributed by atoms with van der Waals surface area (Å²) in [5.41, 5.74) is 2.06. The number of nitriles is 1. The molecule has 1 N–H and O–H groups in total. The molecule has 0 unspecified atom stereocenters. The van der Waals surface area contributed by atoms with E-state index in [9.17, 15) is 5.26 Å². The first-order chi connectivity index (χ1) is 9.88. The van der Waals surface area contributed by atoms with Gasteiger partial charge in [0.05, 0.1) is 11.2 Å². The van der Waals surface area contributed by atoms with Crippen LogP contribution < -0.4 is 5.32 Å². The molecule has 20 heavy (non-hydrogen) atoms. The van der Waals surface area contributed by atoms with Crippen LogP contribution in [0.4, 0.5) is 5.69 Å². The number of hydrogen-bond acceptors (Lipinski definition) is 4. The van der Waals surface area contributed by atoms with Gasteiger partial charge in [0.25, 0.3) is 0 Å². The Bertz CT molecular complexity index is 638. The Balaban J connectivity index is 1.87. The minimum absolute atomic E-state index is 0.388. The van der Waals surface area contributed by atoms with Gasteiger partial charge in [-0.25, -0.2) is 0 Å². The Kier molecular flexibility index (Phi) is 3.78.